The average Bonchev–Trinajstić information content (AvgIpc) is 2.36. The van der Waals surface area contributed by atoms with E-state index in [0.29, 0.717) is 12.0 Å². The molecule has 98 valence electrons. The van der Waals surface area contributed by atoms with Crippen molar-refractivity contribution in [2.75, 3.05) is 0 Å². The van der Waals surface area contributed by atoms with Gasteiger partial charge in [-0.3, -0.25) is 9.59 Å². The highest BCUT2D eigenvalue weighted by Crippen LogP contribution is 2.16. The van der Waals surface area contributed by atoms with Crippen molar-refractivity contribution in [2.45, 2.75) is 39.8 Å². The standard InChI is InChI=1S/C15H19FO2/c1-4-11-7-5-6-8-12(11)15(18)14(16)13(17)9-10(2)3/h5-8,10,14H,4,9H2,1-3H3. The normalized spacial score (nSPS) is 12.5. The van der Waals surface area contributed by atoms with Crippen molar-refractivity contribution >= 4 is 11.6 Å². The number of halogens is 1. The average molecular weight is 250 g/mol. The third-order valence-corrected chi connectivity index (χ3v) is 2.79. The molecule has 0 N–H and O–H groups in total. The van der Waals surface area contributed by atoms with Gasteiger partial charge in [0.25, 0.3) is 0 Å². The summed E-state index contributed by atoms with van der Waals surface area (Å²) < 4.78 is 13.9. The molecule has 0 heterocycles. The molecule has 0 spiro atoms. The van der Waals surface area contributed by atoms with Crippen LogP contribution in [0.1, 0.15) is 43.1 Å². The molecule has 1 unspecified atom stereocenters. The van der Waals surface area contributed by atoms with Crippen LogP contribution in [0.25, 0.3) is 0 Å². The monoisotopic (exact) mass is 250 g/mol. The maximum absolute atomic E-state index is 13.9. The Labute approximate surface area is 107 Å². The molecule has 1 rings (SSSR count). The lowest BCUT2D eigenvalue weighted by atomic mass is 9.95. The summed E-state index contributed by atoms with van der Waals surface area (Å²) in [5.41, 5.74) is 1.10. The first-order valence-corrected chi connectivity index (χ1v) is 6.26. The number of hydrogen-bond donors (Lipinski definition) is 0. The van der Waals surface area contributed by atoms with E-state index in [-0.39, 0.29) is 12.3 Å². The molecular weight excluding hydrogens is 231 g/mol. The molecular formula is C15H19FO2. The number of rotatable bonds is 6. The lowest BCUT2D eigenvalue weighted by molar-refractivity contribution is -0.122. The molecule has 0 saturated carbocycles. The molecule has 1 aromatic carbocycles. The van der Waals surface area contributed by atoms with E-state index in [2.05, 4.69) is 0 Å². The number of alkyl halides is 1. The first-order valence-electron chi connectivity index (χ1n) is 6.26. The zero-order valence-corrected chi connectivity index (χ0v) is 11.1. The van der Waals surface area contributed by atoms with Crippen LogP contribution >= 0.6 is 0 Å². The summed E-state index contributed by atoms with van der Waals surface area (Å²) in [5.74, 6) is -1.27. The van der Waals surface area contributed by atoms with E-state index < -0.39 is 17.7 Å². The first-order chi connectivity index (χ1) is 8.47. The Balaban J connectivity index is 2.89. The van der Waals surface area contributed by atoms with Crippen molar-refractivity contribution in [1.29, 1.82) is 0 Å². The number of benzene rings is 1. The number of Topliss-reactive ketones (excluding diaryl/α,β-unsaturated/α-hetero) is 2. The largest absolute Gasteiger partial charge is 0.296 e. The Morgan fingerprint density at radius 2 is 1.83 bits per heavy atom. The predicted octanol–water partition coefficient (Wildman–Crippen LogP) is 3.39. The van der Waals surface area contributed by atoms with Gasteiger partial charge in [0.1, 0.15) is 0 Å². The molecule has 0 radical (unpaired) electrons. The van der Waals surface area contributed by atoms with Crippen molar-refractivity contribution in [1.82, 2.24) is 0 Å². The Hall–Kier alpha value is -1.51. The van der Waals surface area contributed by atoms with Crippen molar-refractivity contribution in [3.63, 3.8) is 0 Å². The fourth-order valence-electron chi connectivity index (χ4n) is 1.86. The molecule has 0 amide bonds. The third kappa shape index (κ3) is 3.49. The smallest absolute Gasteiger partial charge is 0.220 e. The van der Waals surface area contributed by atoms with E-state index in [0.717, 1.165) is 5.56 Å². The van der Waals surface area contributed by atoms with Crippen LogP contribution in [0.3, 0.4) is 0 Å². The lowest BCUT2D eigenvalue weighted by Crippen LogP contribution is -2.27. The number of aryl methyl sites for hydroxylation is 1. The van der Waals surface area contributed by atoms with E-state index in [1.165, 1.54) is 0 Å². The lowest BCUT2D eigenvalue weighted by Gasteiger charge is -2.11. The van der Waals surface area contributed by atoms with Crippen molar-refractivity contribution in [3.8, 4) is 0 Å². The van der Waals surface area contributed by atoms with Crippen LogP contribution in [0.15, 0.2) is 24.3 Å². The summed E-state index contributed by atoms with van der Waals surface area (Å²) >= 11 is 0. The van der Waals surface area contributed by atoms with Crippen molar-refractivity contribution < 1.29 is 14.0 Å². The van der Waals surface area contributed by atoms with E-state index in [4.69, 9.17) is 0 Å². The van der Waals surface area contributed by atoms with Gasteiger partial charge in [0.15, 0.2) is 5.78 Å². The van der Waals surface area contributed by atoms with Gasteiger partial charge in [0.2, 0.25) is 12.0 Å². The second-order valence-corrected chi connectivity index (χ2v) is 4.80. The highest BCUT2D eigenvalue weighted by Gasteiger charge is 2.28. The summed E-state index contributed by atoms with van der Waals surface area (Å²) in [6.45, 7) is 5.56. The summed E-state index contributed by atoms with van der Waals surface area (Å²) in [6, 6.07) is 6.86. The van der Waals surface area contributed by atoms with Gasteiger partial charge in [-0.2, -0.15) is 0 Å². The minimum absolute atomic E-state index is 0.0602. The second-order valence-electron chi connectivity index (χ2n) is 4.80. The molecule has 0 aliphatic rings. The minimum atomic E-state index is -2.03. The van der Waals surface area contributed by atoms with Crippen LogP contribution < -0.4 is 0 Å². The van der Waals surface area contributed by atoms with E-state index >= 15 is 0 Å². The Morgan fingerprint density at radius 1 is 1.22 bits per heavy atom. The molecule has 1 aromatic rings. The summed E-state index contributed by atoms with van der Waals surface area (Å²) in [6.07, 6.45) is -1.28. The first kappa shape index (κ1) is 14.6. The molecule has 0 saturated heterocycles. The molecule has 0 fully saturated rings. The third-order valence-electron chi connectivity index (χ3n) is 2.79. The van der Waals surface area contributed by atoms with E-state index in [1.807, 2.05) is 20.8 Å². The Kier molecular flexibility index (Phi) is 5.20. The van der Waals surface area contributed by atoms with Gasteiger partial charge in [-0.25, -0.2) is 4.39 Å². The molecule has 18 heavy (non-hydrogen) atoms. The van der Waals surface area contributed by atoms with Crippen LogP contribution in [0.2, 0.25) is 0 Å². The van der Waals surface area contributed by atoms with Crippen LogP contribution in [-0.4, -0.2) is 17.7 Å². The topological polar surface area (TPSA) is 34.1 Å². The van der Waals surface area contributed by atoms with Crippen LogP contribution in [0, 0.1) is 5.92 Å². The molecule has 0 bridgehead atoms. The van der Waals surface area contributed by atoms with Gasteiger partial charge in [-0.15, -0.1) is 0 Å². The SMILES string of the molecule is CCc1ccccc1C(=O)C(F)C(=O)CC(C)C. The highest BCUT2D eigenvalue weighted by atomic mass is 19.1. The quantitative estimate of drug-likeness (QED) is 0.573. The predicted molar refractivity (Wildman–Crippen MR) is 69.5 cm³/mol. The fourth-order valence-corrected chi connectivity index (χ4v) is 1.86. The fraction of sp³-hybridized carbons (Fsp3) is 0.467. The molecule has 0 aromatic heterocycles. The van der Waals surface area contributed by atoms with Crippen LogP contribution in [0.5, 0.6) is 0 Å². The van der Waals surface area contributed by atoms with Crippen LogP contribution in [0.4, 0.5) is 4.39 Å². The maximum Gasteiger partial charge on any atom is 0.220 e. The van der Waals surface area contributed by atoms with Gasteiger partial charge in [0, 0.05) is 12.0 Å². The highest BCUT2D eigenvalue weighted by molar-refractivity contribution is 6.13. The number of carbonyl (C=O) groups is 2. The summed E-state index contributed by atoms with van der Waals surface area (Å²) in [4.78, 5) is 23.5. The van der Waals surface area contributed by atoms with Gasteiger partial charge in [-0.05, 0) is 17.9 Å². The molecule has 1 atom stereocenters. The van der Waals surface area contributed by atoms with E-state index in [9.17, 15) is 14.0 Å². The van der Waals surface area contributed by atoms with Crippen molar-refractivity contribution in [2.24, 2.45) is 5.92 Å². The summed E-state index contributed by atoms with van der Waals surface area (Å²) in [5, 5.41) is 0. The minimum Gasteiger partial charge on any atom is -0.296 e. The molecule has 0 aliphatic carbocycles. The van der Waals surface area contributed by atoms with Gasteiger partial charge in [0.05, 0.1) is 0 Å². The molecule has 2 nitrogen and oxygen atoms in total. The number of ketones is 2. The second kappa shape index (κ2) is 6.43. The van der Waals surface area contributed by atoms with Crippen LogP contribution in [-0.2, 0) is 11.2 Å². The Bertz CT molecular complexity index is 438. The number of carbonyl (C=O) groups excluding carboxylic acids is 2. The Morgan fingerprint density at radius 3 is 2.39 bits per heavy atom. The van der Waals surface area contributed by atoms with E-state index in [1.54, 1.807) is 24.3 Å². The zero-order valence-electron chi connectivity index (χ0n) is 11.1. The molecule has 3 heteroatoms. The molecule has 0 aliphatic heterocycles. The maximum atomic E-state index is 13.9. The van der Waals surface area contributed by atoms with Gasteiger partial charge in [-0.1, -0.05) is 45.0 Å². The van der Waals surface area contributed by atoms with Crippen molar-refractivity contribution in [3.05, 3.63) is 35.4 Å². The van der Waals surface area contributed by atoms with Gasteiger partial charge >= 0.3 is 0 Å². The van der Waals surface area contributed by atoms with Gasteiger partial charge < -0.3 is 0 Å². The summed E-state index contributed by atoms with van der Waals surface area (Å²) in [7, 11) is 0. The number of hydrogen-bond acceptors (Lipinski definition) is 2. The zero-order chi connectivity index (χ0) is 13.7.